The maximum atomic E-state index is 12.2. The summed E-state index contributed by atoms with van der Waals surface area (Å²) in [7, 11) is 3.18. The molecule has 6 heteroatoms. The third-order valence-electron chi connectivity index (χ3n) is 4.77. The van der Waals surface area contributed by atoms with Gasteiger partial charge >= 0.3 is 0 Å². The number of methoxy groups -OCH3 is 2. The number of rotatable bonds is 9. The van der Waals surface area contributed by atoms with Crippen LogP contribution in [0.5, 0.6) is 11.5 Å². The number of benzene rings is 2. The van der Waals surface area contributed by atoms with Crippen LogP contribution in [0.3, 0.4) is 0 Å². The molecule has 0 radical (unpaired) electrons. The molecule has 0 atom stereocenters. The number of aryl methyl sites for hydroxylation is 3. The molecule has 2 rings (SSSR count). The van der Waals surface area contributed by atoms with Crippen molar-refractivity contribution >= 4 is 17.5 Å². The third-order valence-corrected chi connectivity index (χ3v) is 4.77. The minimum absolute atomic E-state index is 0.0449. The summed E-state index contributed by atoms with van der Waals surface area (Å²) < 4.78 is 10.5. The monoisotopic (exact) mass is 398 g/mol. The first kappa shape index (κ1) is 22.3. The lowest BCUT2D eigenvalue weighted by molar-refractivity contribution is -0.121. The molecule has 0 saturated heterocycles. The molecular weight excluding hydrogens is 368 g/mol. The fourth-order valence-electron chi connectivity index (χ4n) is 3.25. The van der Waals surface area contributed by atoms with Crippen molar-refractivity contribution in [3.63, 3.8) is 0 Å². The number of nitrogens with one attached hydrogen (secondary N) is 1. The van der Waals surface area contributed by atoms with Gasteiger partial charge in [0, 0.05) is 32.1 Å². The lowest BCUT2D eigenvalue weighted by atomic mass is 10.1. The average molecular weight is 399 g/mol. The highest BCUT2D eigenvalue weighted by Gasteiger charge is 2.14. The van der Waals surface area contributed by atoms with Crippen LogP contribution in [0.1, 0.15) is 30.0 Å². The molecule has 0 heterocycles. The maximum Gasteiger partial charge on any atom is 0.223 e. The van der Waals surface area contributed by atoms with Crippen LogP contribution in [0.25, 0.3) is 0 Å². The summed E-state index contributed by atoms with van der Waals surface area (Å²) >= 11 is 0. The van der Waals surface area contributed by atoms with Crippen molar-refractivity contribution in [1.82, 2.24) is 5.32 Å². The van der Waals surface area contributed by atoms with E-state index in [-0.39, 0.29) is 11.8 Å². The number of carbonyl (C=O) groups is 2. The molecule has 0 bridgehead atoms. The van der Waals surface area contributed by atoms with Gasteiger partial charge in [0.1, 0.15) is 0 Å². The predicted molar refractivity (Wildman–Crippen MR) is 115 cm³/mol. The largest absolute Gasteiger partial charge is 0.493 e. The number of nitrogens with zero attached hydrogens (tertiary/aromatic N) is 1. The van der Waals surface area contributed by atoms with Gasteiger partial charge in [-0.15, -0.1) is 0 Å². The van der Waals surface area contributed by atoms with E-state index in [1.165, 1.54) is 6.92 Å². The SMILES string of the molecule is COc1ccc(CCC(=O)NCCN(C(C)=O)c2ccc(C)cc2C)cc1OC. The molecular formula is C23H30N2O4. The highest BCUT2D eigenvalue weighted by Crippen LogP contribution is 2.28. The van der Waals surface area contributed by atoms with E-state index in [4.69, 9.17) is 9.47 Å². The van der Waals surface area contributed by atoms with E-state index in [2.05, 4.69) is 5.32 Å². The van der Waals surface area contributed by atoms with Crippen molar-refractivity contribution in [2.45, 2.75) is 33.6 Å². The number of anilines is 1. The minimum Gasteiger partial charge on any atom is -0.493 e. The molecule has 0 aliphatic rings. The summed E-state index contributed by atoms with van der Waals surface area (Å²) in [6, 6.07) is 11.6. The Hall–Kier alpha value is -3.02. The second-order valence-corrected chi connectivity index (χ2v) is 7.00. The molecule has 6 nitrogen and oxygen atoms in total. The standard InChI is InChI=1S/C23H30N2O4/c1-16-6-9-20(17(2)14-16)25(18(3)26)13-12-24-23(27)11-8-19-7-10-21(28-4)22(15-19)29-5/h6-7,9-10,14-15H,8,11-13H2,1-5H3,(H,24,27). The zero-order chi connectivity index (χ0) is 21.4. The van der Waals surface area contributed by atoms with E-state index < -0.39 is 0 Å². The molecule has 0 fully saturated rings. The number of hydrogen-bond acceptors (Lipinski definition) is 4. The van der Waals surface area contributed by atoms with E-state index in [0.717, 1.165) is 22.4 Å². The molecule has 2 amide bonds. The average Bonchev–Trinajstić information content (AvgIpc) is 2.69. The van der Waals surface area contributed by atoms with Crippen molar-refractivity contribution in [3.8, 4) is 11.5 Å². The second kappa shape index (κ2) is 10.5. The summed E-state index contributed by atoms with van der Waals surface area (Å²) in [6.45, 7) is 6.38. The van der Waals surface area contributed by atoms with Gasteiger partial charge in [0.05, 0.1) is 14.2 Å². The Morgan fingerprint density at radius 2 is 1.72 bits per heavy atom. The number of carbonyl (C=O) groups excluding carboxylic acids is 2. The third kappa shape index (κ3) is 6.24. The Bertz CT molecular complexity index is 864. The van der Waals surface area contributed by atoms with E-state index in [1.54, 1.807) is 19.1 Å². The Balaban J connectivity index is 1.87. The summed E-state index contributed by atoms with van der Waals surface area (Å²) in [5.41, 5.74) is 4.07. The molecule has 0 aliphatic heterocycles. The van der Waals surface area contributed by atoms with Crippen molar-refractivity contribution in [1.29, 1.82) is 0 Å². The van der Waals surface area contributed by atoms with Crippen molar-refractivity contribution in [2.75, 3.05) is 32.2 Å². The summed E-state index contributed by atoms with van der Waals surface area (Å²) in [5, 5.41) is 2.90. The van der Waals surface area contributed by atoms with Gasteiger partial charge in [0.15, 0.2) is 11.5 Å². The van der Waals surface area contributed by atoms with E-state index in [0.29, 0.717) is 37.4 Å². The first-order chi connectivity index (χ1) is 13.8. The topological polar surface area (TPSA) is 67.9 Å². The maximum absolute atomic E-state index is 12.2. The Kier molecular flexibility index (Phi) is 8.07. The van der Waals surface area contributed by atoms with Gasteiger partial charge in [-0.1, -0.05) is 23.8 Å². The van der Waals surface area contributed by atoms with Crippen LogP contribution in [0.4, 0.5) is 5.69 Å². The minimum atomic E-state index is -0.0519. The van der Waals surface area contributed by atoms with Crippen molar-refractivity contribution in [3.05, 3.63) is 53.1 Å². The fraction of sp³-hybridized carbons (Fsp3) is 0.391. The Morgan fingerprint density at radius 3 is 2.34 bits per heavy atom. The zero-order valence-corrected chi connectivity index (χ0v) is 17.9. The van der Waals surface area contributed by atoms with E-state index in [9.17, 15) is 9.59 Å². The van der Waals surface area contributed by atoms with Crippen LogP contribution in [0.15, 0.2) is 36.4 Å². The van der Waals surface area contributed by atoms with Crippen LogP contribution in [-0.4, -0.2) is 39.1 Å². The Labute approximate surface area is 172 Å². The van der Waals surface area contributed by atoms with Gasteiger partial charge < -0.3 is 19.7 Å². The van der Waals surface area contributed by atoms with Gasteiger partial charge in [-0.3, -0.25) is 9.59 Å². The highest BCUT2D eigenvalue weighted by molar-refractivity contribution is 5.92. The fourth-order valence-corrected chi connectivity index (χ4v) is 3.25. The first-order valence-electron chi connectivity index (χ1n) is 9.68. The van der Waals surface area contributed by atoms with Crippen LogP contribution < -0.4 is 19.7 Å². The first-order valence-corrected chi connectivity index (χ1v) is 9.68. The summed E-state index contributed by atoms with van der Waals surface area (Å²) in [4.78, 5) is 26.0. The zero-order valence-electron chi connectivity index (χ0n) is 17.9. The molecule has 0 spiro atoms. The second-order valence-electron chi connectivity index (χ2n) is 7.00. The van der Waals surface area contributed by atoms with Crippen molar-refractivity contribution in [2.24, 2.45) is 0 Å². The van der Waals surface area contributed by atoms with E-state index >= 15 is 0 Å². The molecule has 0 aromatic heterocycles. The van der Waals surface area contributed by atoms with Gasteiger partial charge in [0.25, 0.3) is 0 Å². The van der Waals surface area contributed by atoms with Gasteiger partial charge in [-0.2, -0.15) is 0 Å². The lowest BCUT2D eigenvalue weighted by Crippen LogP contribution is -2.38. The predicted octanol–water partition coefficient (Wildman–Crippen LogP) is 3.42. The van der Waals surface area contributed by atoms with Crippen LogP contribution >= 0.6 is 0 Å². The number of ether oxygens (including phenoxy) is 2. The molecule has 29 heavy (non-hydrogen) atoms. The van der Waals surface area contributed by atoms with Crippen molar-refractivity contribution < 1.29 is 19.1 Å². The van der Waals surface area contributed by atoms with Crippen LogP contribution in [-0.2, 0) is 16.0 Å². The number of amides is 2. The summed E-state index contributed by atoms with van der Waals surface area (Å²) in [6.07, 6.45) is 0.957. The molecule has 0 saturated carbocycles. The quantitative estimate of drug-likeness (QED) is 0.703. The molecule has 0 aliphatic carbocycles. The number of hydrogen-bond donors (Lipinski definition) is 1. The molecule has 2 aromatic rings. The van der Waals surface area contributed by atoms with E-state index in [1.807, 2.05) is 50.2 Å². The van der Waals surface area contributed by atoms with Crippen LogP contribution in [0, 0.1) is 13.8 Å². The summed E-state index contributed by atoms with van der Waals surface area (Å²) in [5.74, 6) is 1.22. The van der Waals surface area contributed by atoms with Crippen LogP contribution in [0.2, 0.25) is 0 Å². The molecule has 156 valence electrons. The van der Waals surface area contributed by atoms with Gasteiger partial charge in [0.2, 0.25) is 11.8 Å². The molecule has 1 N–H and O–H groups in total. The van der Waals surface area contributed by atoms with Gasteiger partial charge in [-0.25, -0.2) is 0 Å². The lowest BCUT2D eigenvalue weighted by Gasteiger charge is -2.23. The molecule has 2 aromatic carbocycles. The van der Waals surface area contributed by atoms with Gasteiger partial charge in [-0.05, 0) is 49.6 Å². The smallest absolute Gasteiger partial charge is 0.223 e. The Morgan fingerprint density at radius 1 is 1.00 bits per heavy atom. The molecule has 0 unspecified atom stereocenters. The highest BCUT2D eigenvalue weighted by atomic mass is 16.5. The normalized spacial score (nSPS) is 10.4.